The topological polar surface area (TPSA) is 38.3 Å². The Morgan fingerprint density at radius 3 is 2.76 bits per heavy atom. The Bertz CT molecular complexity index is 417. The van der Waals surface area contributed by atoms with Crippen molar-refractivity contribution in [2.75, 3.05) is 6.61 Å². The van der Waals surface area contributed by atoms with E-state index < -0.39 is 18.7 Å². The molecule has 0 fully saturated rings. The van der Waals surface area contributed by atoms with E-state index in [9.17, 15) is 18.0 Å². The van der Waals surface area contributed by atoms with Gasteiger partial charge in [0, 0.05) is 11.0 Å². The molecule has 0 bridgehead atoms. The first kappa shape index (κ1) is 14.0. The second-order valence-electron chi connectivity index (χ2n) is 2.85. The Hall–Kier alpha value is -1.05. The van der Waals surface area contributed by atoms with E-state index in [0.717, 1.165) is 6.08 Å². The molecule has 1 amide bonds. The molecule has 17 heavy (non-hydrogen) atoms. The molecule has 0 spiro atoms. The van der Waals surface area contributed by atoms with Crippen LogP contribution in [0.1, 0.15) is 4.88 Å². The predicted octanol–water partition coefficient (Wildman–Crippen LogP) is 3.02. The van der Waals surface area contributed by atoms with E-state index in [0.29, 0.717) is 9.21 Å². The second-order valence-corrected chi connectivity index (χ2v) is 4.59. The third kappa shape index (κ3) is 6.30. The van der Waals surface area contributed by atoms with Gasteiger partial charge in [-0.15, -0.1) is 11.3 Å². The summed E-state index contributed by atoms with van der Waals surface area (Å²) in [6.45, 7) is -1.53. The lowest BCUT2D eigenvalue weighted by atomic mass is 10.4. The van der Waals surface area contributed by atoms with Crippen LogP contribution in [0.3, 0.4) is 0 Å². The number of halogens is 4. The monoisotopic (exact) mass is 285 g/mol. The van der Waals surface area contributed by atoms with Gasteiger partial charge in [0.15, 0.2) is 6.61 Å². The minimum atomic E-state index is -4.47. The highest BCUT2D eigenvalue weighted by Gasteiger charge is 2.28. The quantitative estimate of drug-likeness (QED) is 0.682. The molecule has 3 nitrogen and oxygen atoms in total. The van der Waals surface area contributed by atoms with E-state index in [4.69, 9.17) is 11.6 Å². The largest absolute Gasteiger partial charge is 0.414 e. The highest BCUT2D eigenvalue weighted by atomic mass is 35.5. The maximum atomic E-state index is 11.7. The van der Waals surface area contributed by atoms with E-state index in [1.54, 1.807) is 17.6 Å². The first-order chi connectivity index (χ1) is 7.87. The Morgan fingerprint density at radius 2 is 2.24 bits per heavy atom. The van der Waals surface area contributed by atoms with Crippen LogP contribution in [0.2, 0.25) is 4.34 Å². The number of hydroxylamine groups is 1. The Kier molecular flexibility index (Phi) is 4.98. The van der Waals surface area contributed by atoms with E-state index >= 15 is 0 Å². The molecule has 1 aromatic rings. The van der Waals surface area contributed by atoms with Gasteiger partial charge in [-0.2, -0.15) is 13.2 Å². The van der Waals surface area contributed by atoms with Crippen LogP contribution in [0.4, 0.5) is 13.2 Å². The number of nitrogens with one attached hydrogen (secondary N) is 1. The van der Waals surface area contributed by atoms with E-state index in [1.165, 1.54) is 17.4 Å². The Balaban J connectivity index is 2.32. The molecular weight excluding hydrogens is 279 g/mol. The van der Waals surface area contributed by atoms with Crippen molar-refractivity contribution in [2.45, 2.75) is 6.18 Å². The van der Waals surface area contributed by atoms with Crippen LogP contribution in [-0.2, 0) is 9.63 Å². The van der Waals surface area contributed by atoms with Crippen molar-refractivity contribution in [1.82, 2.24) is 5.48 Å². The maximum absolute atomic E-state index is 11.7. The van der Waals surface area contributed by atoms with Crippen molar-refractivity contribution in [1.29, 1.82) is 0 Å². The molecule has 94 valence electrons. The van der Waals surface area contributed by atoms with Crippen molar-refractivity contribution in [3.63, 3.8) is 0 Å². The summed E-state index contributed by atoms with van der Waals surface area (Å²) < 4.78 is 35.5. The summed E-state index contributed by atoms with van der Waals surface area (Å²) in [5.74, 6) is -0.779. The second kappa shape index (κ2) is 6.04. The van der Waals surface area contributed by atoms with Gasteiger partial charge < -0.3 is 0 Å². The minimum Gasteiger partial charge on any atom is -0.268 e. The first-order valence-electron chi connectivity index (χ1n) is 4.29. The van der Waals surface area contributed by atoms with Gasteiger partial charge in [-0.1, -0.05) is 11.6 Å². The number of hydrogen-bond donors (Lipinski definition) is 1. The molecule has 1 heterocycles. The number of rotatable bonds is 4. The molecular formula is C9H7ClF3NO2S. The van der Waals surface area contributed by atoms with Crippen molar-refractivity contribution in [3.8, 4) is 0 Å². The molecule has 0 saturated carbocycles. The third-order valence-electron chi connectivity index (χ3n) is 1.40. The lowest BCUT2D eigenvalue weighted by Crippen LogP contribution is -2.28. The number of amides is 1. The standard InChI is InChI=1S/C9H7ClF3NO2S/c10-7-3-1-6(17-7)2-4-8(15)14-16-5-9(11,12)13/h1-4H,5H2,(H,14,15)/b4-2+. The minimum absolute atomic E-state index is 0.554. The van der Waals surface area contributed by atoms with Crippen molar-refractivity contribution < 1.29 is 22.8 Å². The fraction of sp³-hybridized carbons (Fsp3) is 0.222. The van der Waals surface area contributed by atoms with Crippen LogP contribution in [0, 0.1) is 0 Å². The zero-order chi connectivity index (χ0) is 12.9. The first-order valence-corrected chi connectivity index (χ1v) is 5.48. The molecule has 0 aliphatic rings. The summed E-state index contributed by atoms with van der Waals surface area (Å²) in [5, 5.41) is 0. The number of carbonyl (C=O) groups excluding carboxylic acids is 1. The Labute approximate surface area is 104 Å². The van der Waals surface area contributed by atoms with Crippen LogP contribution in [-0.4, -0.2) is 18.7 Å². The third-order valence-corrected chi connectivity index (χ3v) is 2.60. The average Bonchev–Trinajstić information content (AvgIpc) is 2.59. The molecule has 0 unspecified atom stereocenters. The molecule has 1 aromatic heterocycles. The summed E-state index contributed by atoms with van der Waals surface area (Å²) in [6.07, 6.45) is -2.00. The van der Waals surface area contributed by atoms with Crippen molar-refractivity contribution in [3.05, 3.63) is 27.4 Å². The zero-order valence-corrected chi connectivity index (χ0v) is 9.83. The van der Waals surface area contributed by atoms with Crippen molar-refractivity contribution >= 4 is 34.9 Å². The molecule has 0 saturated heterocycles. The van der Waals surface area contributed by atoms with E-state index in [1.807, 2.05) is 0 Å². The van der Waals surface area contributed by atoms with Crippen LogP contribution < -0.4 is 5.48 Å². The van der Waals surface area contributed by atoms with Gasteiger partial charge in [-0.05, 0) is 18.2 Å². The van der Waals surface area contributed by atoms with Gasteiger partial charge in [-0.3, -0.25) is 9.63 Å². The summed E-state index contributed by atoms with van der Waals surface area (Å²) in [6, 6.07) is 3.32. The van der Waals surface area contributed by atoms with Gasteiger partial charge in [0.1, 0.15) is 0 Å². The van der Waals surface area contributed by atoms with Gasteiger partial charge >= 0.3 is 6.18 Å². The maximum Gasteiger partial charge on any atom is 0.414 e. The number of carbonyl (C=O) groups is 1. The summed E-state index contributed by atoms with van der Waals surface area (Å²) in [5.41, 5.74) is 1.64. The van der Waals surface area contributed by atoms with Gasteiger partial charge in [-0.25, -0.2) is 5.48 Å². The Morgan fingerprint density at radius 1 is 1.53 bits per heavy atom. The van der Waals surface area contributed by atoms with E-state index in [-0.39, 0.29) is 0 Å². The number of hydrogen-bond acceptors (Lipinski definition) is 3. The average molecular weight is 286 g/mol. The van der Waals surface area contributed by atoms with E-state index in [2.05, 4.69) is 4.84 Å². The summed E-state index contributed by atoms with van der Waals surface area (Å²) >= 11 is 6.88. The summed E-state index contributed by atoms with van der Waals surface area (Å²) in [4.78, 5) is 15.7. The predicted molar refractivity (Wildman–Crippen MR) is 58.5 cm³/mol. The highest BCUT2D eigenvalue weighted by molar-refractivity contribution is 7.17. The number of alkyl halides is 3. The van der Waals surface area contributed by atoms with Crippen LogP contribution in [0.25, 0.3) is 6.08 Å². The van der Waals surface area contributed by atoms with Crippen LogP contribution in [0.15, 0.2) is 18.2 Å². The fourth-order valence-electron chi connectivity index (χ4n) is 0.799. The number of thiophene rings is 1. The molecule has 0 aliphatic carbocycles. The lowest BCUT2D eigenvalue weighted by molar-refractivity contribution is -0.190. The molecule has 1 N–H and O–H groups in total. The SMILES string of the molecule is O=C(/C=C/c1ccc(Cl)s1)NOCC(F)(F)F. The normalized spacial score (nSPS) is 12.0. The fourth-order valence-corrected chi connectivity index (χ4v) is 1.76. The smallest absolute Gasteiger partial charge is 0.268 e. The molecule has 1 rings (SSSR count). The van der Waals surface area contributed by atoms with Crippen LogP contribution in [0.5, 0.6) is 0 Å². The molecule has 0 aromatic carbocycles. The van der Waals surface area contributed by atoms with Gasteiger partial charge in [0.2, 0.25) is 0 Å². The molecule has 0 aliphatic heterocycles. The highest BCUT2D eigenvalue weighted by Crippen LogP contribution is 2.22. The summed E-state index contributed by atoms with van der Waals surface area (Å²) in [7, 11) is 0. The van der Waals surface area contributed by atoms with Gasteiger partial charge in [0.05, 0.1) is 4.34 Å². The van der Waals surface area contributed by atoms with Crippen LogP contribution >= 0.6 is 22.9 Å². The zero-order valence-electron chi connectivity index (χ0n) is 8.25. The molecule has 0 atom stereocenters. The lowest BCUT2D eigenvalue weighted by Gasteiger charge is -2.06. The molecule has 0 radical (unpaired) electrons. The van der Waals surface area contributed by atoms with Crippen molar-refractivity contribution in [2.24, 2.45) is 0 Å². The molecule has 8 heteroatoms. The van der Waals surface area contributed by atoms with Gasteiger partial charge in [0.25, 0.3) is 5.91 Å².